The van der Waals surface area contributed by atoms with Gasteiger partial charge in [-0.15, -0.1) is 23.1 Å². The van der Waals surface area contributed by atoms with E-state index in [0.717, 1.165) is 27.6 Å². The lowest BCUT2D eigenvalue weighted by Gasteiger charge is -2.22. The fourth-order valence-corrected chi connectivity index (χ4v) is 5.90. The minimum absolute atomic E-state index is 0.208. The molecule has 0 saturated carbocycles. The first-order valence-electron chi connectivity index (χ1n) is 9.26. The number of hydrogen-bond acceptors (Lipinski definition) is 7. The van der Waals surface area contributed by atoms with Crippen molar-refractivity contribution in [2.75, 3.05) is 18.1 Å². The highest BCUT2D eigenvalue weighted by molar-refractivity contribution is 8.00. The molecule has 5 nitrogen and oxygen atoms in total. The average Bonchev–Trinajstić information content (AvgIpc) is 3.33. The van der Waals surface area contributed by atoms with Crippen LogP contribution >= 0.6 is 34.4 Å². The molecule has 1 aromatic carbocycles. The molecule has 1 amide bonds. The molecule has 1 aliphatic rings. The predicted molar refractivity (Wildman–Crippen MR) is 119 cm³/mol. The fraction of sp³-hybridized carbons (Fsp3) is 0.286. The number of anilines is 1. The number of aromatic nitrogens is 1. The van der Waals surface area contributed by atoms with Gasteiger partial charge in [0.2, 0.25) is 0 Å². The van der Waals surface area contributed by atoms with Gasteiger partial charge in [-0.05, 0) is 36.9 Å². The maximum Gasteiger partial charge on any atom is 0.350 e. The van der Waals surface area contributed by atoms with Crippen LogP contribution in [-0.4, -0.2) is 35.3 Å². The summed E-state index contributed by atoms with van der Waals surface area (Å²) in [5, 5.41) is 5.18. The Morgan fingerprint density at radius 2 is 2.10 bits per heavy atom. The number of thioether (sulfide) groups is 1. The van der Waals surface area contributed by atoms with Crippen molar-refractivity contribution in [3.63, 3.8) is 0 Å². The number of esters is 1. The summed E-state index contributed by atoms with van der Waals surface area (Å²) in [5.74, 6) is -0.707. The third-order valence-corrected chi connectivity index (χ3v) is 7.73. The van der Waals surface area contributed by atoms with Gasteiger partial charge in [-0.1, -0.05) is 19.1 Å². The smallest absolute Gasteiger partial charge is 0.350 e. The Kier molecular flexibility index (Phi) is 6.03. The Bertz CT molecular complexity index is 1030. The van der Waals surface area contributed by atoms with Crippen LogP contribution in [0.25, 0.3) is 10.6 Å². The average molecular weight is 445 g/mol. The lowest BCUT2D eigenvalue weighted by molar-refractivity contribution is -0.121. The molecule has 0 aliphatic carbocycles. The first-order chi connectivity index (χ1) is 14.0. The minimum atomic E-state index is -0.499. The molecule has 29 heavy (non-hydrogen) atoms. The quantitative estimate of drug-likeness (QED) is 0.514. The van der Waals surface area contributed by atoms with Crippen LogP contribution in [0.2, 0.25) is 0 Å². The summed E-state index contributed by atoms with van der Waals surface area (Å²) in [5.41, 5.74) is 2.50. The third-order valence-electron chi connectivity index (χ3n) is 4.62. The van der Waals surface area contributed by atoms with Gasteiger partial charge in [0.05, 0.1) is 11.4 Å². The van der Waals surface area contributed by atoms with Crippen molar-refractivity contribution in [3.8, 4) is 10.6 Å². The van der Waals surface area contributed by atoms with Crippen LogP contribution in [0.3, 0.4) is 0 Å². The maximum atomic E-state index is 12.9. The van der Waals surface area contributed by atoms with E-state index in [-0.39, 0.29) is 12.5 Å². The highest BCUT2D eigenvalue weighted by Gasteiger charge is 2.26. The summed E-state index contributed by atoms with van der Waals surface area (Å²) in [6, 6.07) is 9.84. The number of carbonyl (C=O) groups excluding carboxylic acids is 2. The Balaban J connectivity index is 1.45. The van der Waals surface area contributed by atoms with Crippen molar-refractivity contribution in [2.45, 2.75) is 30.4 Å². The van der Waals surface area contributed by atoms with Crippen molar-refractivity contribution in [3.05, 3.63) is 51.7 Å². The summed E-state index contributed by atoms with van der Waals surface area (Å²) < 4.78 is 5.37. The predicted octanol–water partition coefficient (Wildman–Crippen LogP) is 5.25. The van der Waals surface area contributed by atoms with Gasteiger partial charge < -0.3 is 9.64 Å². The summed E-state index contributed by atoms with van der Waals surface area (Å²) >= 11 is 4.65. The Labute approximate surface area is 181 Å². The maximum absolute atomic E-state index is 12.9. The lowest BCUT2D eigenvalue weighted by atomic mass is 10.2. The largest absolute Gasteiger partial charge is 0.451 e. The van der Waals surface area contributed by atoms with Crippen LogP contribution in [0.4, 0.5) is 5.69 Å². The minimum Gasteiger partial charge on any atom is -0.451 e. The monoisotopic (exact) mass is 444 g/mol. The second-order valence-corrected chi connectivity index (χ2v) is 10.0. The number of ether oxygens (including phenoxy) is 1. The van der Waals surface area contributed by atoms with Crippen LogP contribution in [0.15, 0.2) is 46.0 Å². The highest BCUT2D eigenvalue weighted by atomic mass is 32.2. The number of thiophene rings is 1. The molecule has 0 radical (unpaired) electrons. The van der Waals surface area contributed by atoms with E-state index in [0.29, 0.717) is 22.4 Å². The topological polar surface area (TPSA) is 59.5 Å². The number of amides is 1. The molecule has 1 aliphatic heterocycles. The fourth-order valence-electron chi connectivity index (χ4n) is 3.11. The molecule has 150 valence electrons. The summed E-state index contributed by atoms with van der Waals surface area (Å²) in [7, 11) is 0. The summed E-state index contributed by atoms with van der Waals surface area (Å²) in [6.45, 7) is 4.28. The Morgan fingerprint density at radius 3 is 2.90 bits per heavy atom. The van der Waals surface area contributed by atoms with Crippen molar-refractivity contribution in [1.82, 2.24) is 4.98 Å². The number of benzene rings is 1. The first-order valence-corrected chi connectivity index (χ1v) is 11.9. The SMILES string of the molecule is Cc1nc(-c2ccsc2)sc1C(=O)OCC(=O)N1CCC(C)Sc2ccccc21. The zero-order chi connectivity index (χ0) is 20.4. The van der Waals surface area contributed by atoms with Gasteiger partial charge >= 0.3 is 5.97 Å². The van der Waals surface area contributed by atoms with Crippen LogP contribution in [0, 0.1) is 6.92 Å². The standard InChI is InChI=1S/C21H20N2O3S3/c1-13-7-9-23(16-5-3-4-6-17(16)28-13)18(24)11-26-21(25)19-14(2)22-20(29-19)15-8-10-27-12-15/h3-6,8,10,12-13H,7,9,11H2,1-2H3. The van der Waals surface area contributed by atoms with Crippen molar-refractivity contribution in [2.24, 2.45) is 0 Å². The second kappa shape index (κ2) is 8.69. The van der Waals surface area contributed by atoms with E-state index in [1.165, 1.54) is 11.3 Å². The summed E-state index contributed by atoms with van der Waals surface area (Å²) in [6.07, 6.45) is 0.886. The van der Waals surface area contributed by atoms with Crippen molar-refractivity contribution in [1.29, 1.82) is 0 Å². The number of aryl methyl sites for hydroxylation is 1. The number of thiazole rings is 1. The molecule has 1 unspecified atom stereocenters. The van der Waals surface area contributed by atoms with Gasteiger partial charge in [-0.25, -0.2) is 9.78 Å². The Hall–Kier alpha value is -2.16. The number of fused-ring (bicyclic) bond motifs is 1. The third kappa shape index (κ3) is 4.39. The summed E-state index contributed by atoms with van der Waals surface area (Å²) in [4.78, 5) is 33.2. The lowest BCUT2D eigenvalue weighted by Crippen LogP contribution is -2.35. The molecule has 1 atom stereocenters. The number of rotatable bonds is 4. The zero-order valence-electron chi connectivity index (χ0n) is 16.1. The van der Waals surface area contributed by atoms with E-state index in [9.17, 15) is 9.59 Å². The van der Waals surface area contributed by atoms with Gasteiger partial charge in [-0.3, -0.25) is 4.79 Å². The molecule has 3 aromatic rings. The number of nitrogens with zero attached hydrogens (tertiary/aromatic N) is 2. The van der Waals surface area contributed by atoms with Crippen LogP contribution in [-0.2, 0) is 9.53 Å². The molecule has 3 heterocycles. The van der Waals surface area contributed by atoms with E-state index in [1.807, 2.05) is 41.1 Å². The highest BCUT2D eigenvalue weighted by Crippen LogP contribution is 2.37. The molecular weight excluding hydrogens is 424 g/mol. The van der Waals surface area contributed by atoms with E-state index in [1.54, 1.807) is 34.9 Å². The molecule has 8 heteroatoms. The zero-order valence-corrected chi connectivity index (χ0v) is 18.5. The first kappa shape index (κ1) is 20.1. The van der Waals surface area contributed by atoms with Gasteiger partial charge in [0.15, 0.2) is 6.61 Å². The number of hydrogen-bond donors (Lipinski definition) is 0. The van der Waals surface area contributed by atoms with Crippen LogP contribution in [0.5, 0.6) is 0 Å². The van der Waals surface area contributed by atoms with E-state index >= 15 is 0 Å². The van der Waals surface area contributed by atoms with Crippen LogP contribution in [0.1, 0.15) is 28.7 Å². The molecular formula is C21H20N2O3S3. The van der Waals surface area contributed by atoms with Gasteiger partial charge in [0.1, 0.15) is 9.88 Å². The molecule has 0 fully saturated rings. The molecule has 0 saturated heterocycles. The normalized spacial score (nSPS) is 16.2. The molecule has 0 spiro atoms. The second-order valence-electron chi connectivity index (χ2n) is 6.75. The molecule has 0 bridgehead atoms. The van der Waals surface area contributed by atoms with E-state index < -0.39 is 5.97 Å². The molecule has 0 N–H and O–H groups in total. The van der Waals surface area contributed by atoms with Gasteiger partial charge in [0.25, 0.3) is 5.91 Å². The van der Waals surface area contributed by atoms with E-state index in [4.69, 9.17) is 4.74 Å². The van der Waals surface area contributed by atoms with E-state index in [2.05, 4.69) is 11.9 Å². The molecule has 2 aromatic heterocycles. The van der Waals surface area contributed by atoms with Crippen LogP contribution < -0.4 is 4.90 Å². The van der Waals surface area contributed by atoms with Gasteiger partial charge in [0, 0.05) is 27.6 Å². The van der Waals surface area contributed by atoms with Gasteiger partial charge in [-0.2, -0.15) is 11.3 Å². The number of para-hydroxylation sites is 1. The molecule has 4 rings (SSSR count). The Morgan fingerprint density at radius 1 is 1.28 bits per heavy atom. The number of carbonyl (C=O) groups is 2. The van der Waals surface area contributed by atoms with Crippen molar-refractivity contribution < 1.29 is 14.3 Å². The van der Waals surface area contributed by atoms with Crippen molar-refractivity contribution >= 4 is 52.0 Å².